The molecule has 15 heavy (non-hydrogen) atoms. The summed E-state index contributed by atoms with van der Waals surface area (Å²) in [7, 11) is 0. The maximum Gasteiger partial charge on any atom is 0.0650 e. The predicted octanol–water partition coefficient (Wildman–Crippen LogP) is 3.62. The third-order valence-corrected chi connectivity index (χ3v) is 1.74. The first-order chi connectivity index (χ1) is 7.41. The third kappa shape index (κ3) is 12.8. The molecule has 0 N–H and O–H groups in total. The Balaban J connectivity index is 3.23. The first-order valence-electron chi connectivity index (χ1n) is 5.32. The summed E-state index contributed by atoms with van der Waals surface area (Å²) in [5.41, 5.74) is 8.00. The lowest BCUT2D eigenvalue weighted by molar-refractivity contribution is 0.157. The van der Waals surface area contributed by atoms with Crippen LogP contribution in [0.2, 0.25) is 0 Å². The first-order valence-corrected chi connectivity index (χ1v) is 5.32. The quantitative estimate of drug-likeness (QED) is 0.188. The molecule has 4 nitrogen and oxygen atoms in total. The van der Waals surface area contributed by atoms with Crippen LogP contribution < -0.4 is 0 Å². The van der Waals surface area contributed by atoms with Crippen molar-refractivity contribution in [1.29, 1.82) is 0 Å². The molecule has 0 unspecified atom stereocenters. The molecule has 0 aromatic rings. The molecule has 0 fully saturated rings. The number of allylic oxidation sites excluding steroid dienone is 2. The van der Waals surface area contributed by atoms with Gasteiger partial charge in [-0.1, -0.05) is 49.2 Å². The second kappa shape index (κ2) is 12.8. The van der Waals surface area contributed by atoms with Crippen LogP contribution in [0.1, 0.15) is 26.2 Å². The zero-order valence-corrected chi connectivity index (χ0v) is 9.30. The topological polar surface area (TPSA) is 58.0 Å². The van der Waals surface area contributed by atoms with Gasteiger partial charge in [-0.05, 0) is 12.0 Å². The van der Waals surface area contributed by atoms with Crippen LogP contribution in [-0.2, 0) is 4.74 Å². The molecule has 0 atom stereocenters. The van der Waals surface area contributed by atoms with Crippen molar-refractivity contribution in [3.05, 3.63) is 34.7 Å². The summed E-state index contributed by atoms with van der Waals surface area (Å²) in [6.45, 7) is 4.06. The molecule has 0 aliphatic heterocycles. The Bertz CT molecular complexity index is 230. The van der Waals surface area contributed by atoms with E-state index in [0.29, 0.717) is 13.2 Å². The fourth-order valence-electron chi connectivity index (χ4n) is 0.963. The molecule has 0 rings (SSSR count). The second-order valence-corrected chi connectivity index (χ2v) is 3.05. The number of azide groups is 1. The van der Waals surface area contributed by atoms with E-state index in [-0.39, 0.29) is 0 Å². The van der Waals surface area contributed by atoms with Crippen LogP contribution >= 0.6 is 0 Å². The van der Waals surface area contributed by atoms with E-state index in [1.54, 1.807) is 6.08 Å². The Labute approximate surface area is 91.3 Å². The number of unbranched alkanes of at least 4 members (excludes halogenated alkanes) is 2. The van der Waals surface area contributed by atoms with Gasteiger partial charge in [-0.25, -0.2) is 0 Å². The lowest BCUT2D eigenvalue weighted by Crippen LogP contribution is -1.93. The van der Waals surface area contributed by atoms with Gasteiger partial charge in [0.25, 0.3) is 0 Å². The molecule has 0 aliphatic carbocycles. The van der Waals surface area contributed by atoms with E-state index < -0.39 is 0 Å². The Morgan fingerprint density at radius 1 is 1.27 bits per heavy atom. The highest BCUT2D eigenvalue weighted by atomic mass is 16.5. The maximum atomic E-state index is 8.00. The van der Waals surface area contributed by atoms with Crippen LogP contribution in [-0.4, -0.2) is 19.8 Å². The number of rotatable bonds is 9. The lowest BCUT2D eigenvalue weighted by atomic mass is 10.3. The molecule has 0 radical (unpaired) electrons. The number of ether oxygens (including phenoxy) is 1. The van der Waals surface area contributed by atoms with E-state index in [2.05, 4.69) is 16.9 Å². The van der Waals surface area contributed by atoms with Crippen molar-refractivity contribution >= 4 is 0 Å². The summed E-state index contributed by atoms with van der Waals surface area (Å²) >= 11 is 0. The maximum absolute atomic E-state index is 8.00. The van der Waals surface area contributed by atoms with E-state index in [1.165, 1.54) is 12.8 Å². The summed E-state index contributed by atoms with van der Waals surface area (Å²) in [6, 6.07) is 0. The van der Waals surface area contributed by atoms with Crippen LogP contribution in [0.4, 0.5) is 0 Å². The minimum Gasteiger partial charge on any atom is -0.377 e. The van der Waals surface area contributed by atoms with Gasteiger partial charge in [0.1, 0.15) is 0 Å². The standard InChI is InChI=1S/C11H19N3O/c1-2-3-7-10-15-11-8-5-4-6-9-13-14-12/h4-6,8H,2-3,7,9-11H2,1H3/b6-4+,8-5+. The molecule has 0 aliphatic rings. The van der Waals surface area contributed by atoms with E-state index in [4.69, 9.17) is 10.3 Å². The van der Waals surface area contributed by atoms with Gasteiger partial charge in [0.2, 0.25) is 0 Å². The molecule has 84 valence electrons. The largest absolute Gasteiger partial charge is 0.377 e. The molecule has 4 heteroatoms. The van der Waals surface area contributed by atoms with E-state index >= 15 is 0 Å². The van der Waals surface area contributed by atoms with Gasteiger partial charge in [-0.2, -0.15) is 0 Å². The average molecular weight is 209 g/mol. The Kier molecular flexibility index (Phi) is 11.7. The molecule has 0 saturated carbocycles. The van der Waals surface area contributed by atoms with Gasteiger partial charge in [0.15, 0.2) is 0 Å². The zero-order chi connectivity index (χ0) is 11.2. The van der Waals surface area contributed by atoms with Gasteiger partial charge in [-0.3, -0.25) is 0 Å². The molecular weight excluding hydrogens is 190 g/mol. The van der Waals surface area contributed by atoms with Crippen LogP contribution in [0.3, 0.4) is 0 Å². The van der Waals surface area contributed by atoms with Crippen LogP contribution in [0.25, 0.3) is 10.4 Å². The minimum absolute atomic E-state index is 0.401. The monoisotopic (exact) mass is 209 g/mol. The average Bonchev–Trinajstić information content (AvgIpc) is 2.26. The van der Waals surface area contributed by atoms with Crippen molar-refractivity contribution in [2.24, 2.45) is 5.11 Å². The second-order valence-electron chi connectivity index (χ2n) is 3.05. The number of hydrogen-bond donors (Lipinski definition) is 0. The predicted molar refractivity (Wildman–Crippen MR) is 62.6 cm³/mol. The van der Waals surface area contributed by atoms with Crippen molar-refractivity contribution in [2.45, 2.75) is 26.2 Å². The van der Waals surface area contributed by atoms with Gasteiger partial charge in [0, 0.05) is 18.1 Å². The van der Waals surface area contributed by atoms with Gasteiger partial charge < -0.3 is 4.74 Å². The van der Waals surface area contributed by atoms with Crippen molar-refractivity contribution < 1.29 is 4.74 Å². The molecule has 0 aromatic heterocycles. The highest BCUT2D eigenvalue weighted by Crippen LogP contribution is 1.93. The van der Waals surface area contributed by atoms with Crippen molar-refractivity contribution in [2.75, 3.05) is 19.8 Å². The summed E-state index contributed by atoms with van der Waals surface area (Å²) in [5, 5.41) is 3.37. The van der Waals surface area contributed by atoms with Crippen LogP contribution in [0.5, 0.6) is 0 Å². The van der Waals surface area contributed by atoms with Gasteiger partial charge in [0.05, 0.1) is 6.61 Å². The molecule has 0 heterocycles. The van der Waals surface area contributed by atoms with E-state index in [0.717, 1.165) is 13.0 Å². The van der Waals surface area contributed by atoms with Gasteiger partial charge >= 0.3 is 0 Å². The van der Waals surface area contributed by atoms with Crippen molar-refractivity contribution in [3.63, 3.8) is 0 Å². The fourth-order valence-corrected chi connectivity index (χ4v) is 0.963. The first kappa shape index (κ1) is 13.8. The molecule has 0 saturated heterocycles. The van der Waals surface area contributed by atoms with Crippen molar-refractivity contribution in [3.8, 4) is 0 Å². The van der Waals surface area contributed by atoms with Gasteiger partial charge in [-0.15, -0.1) is 0 Å². The molecule has 0 spiro atoms. The molecule has 0 aromatic carbocycles. The number of hydrogen-bond acceptors (Lipinski definition) is 2. The summed E-state index contributed by atoms with van der Waals surface area (Å²) < 4.78 is 5.36. The van der Waals surface area contributed by atoms with E-state index in [9.17, 15) is 0 Å². The third-order valence-electron chi connectivity index (χ3n) is 1.74. The molecule has 0 bridgehead atoms. The Morgan fingerprint density at radius 2 is 2.07 bits per heavy atom. The molecule has 0 amide bonds. The van der Waals surface area contributed by atoms with Crippen LogP contribution in [0, 0.1) is 0 Å². The summed E-state index contributed by atoms with van der Waals surface area (Å²) in [4.78, 5) is 2.64. The smallest absolute Gasteiger partial charge is 0.0650 e. The zero-order valence-electron chi connectivity index (χ0n) is 9.30. The minimum atomic E-state index is 0.401. The SMILES string of the molecule is CCCCCOC/C=C/C=C/CN=[N+]=[N-]. The Hall–Kier alpha value is -1.25. The normalized spacial score (nSPS) is 11.0. The lowest BCUT2D eigenvalue weighted by Gasteiger charge is -1.98. The highest BCUT2D eigenvalue weighted by molar-refractivity contribution is 5.03. The Morgan fingerprint density at radius 3 is 2.80 bits per heavy atom. The fraction of sp³-hybridized carbons (Fsp3) is 0.636. The molecular formula is C11H19N3O. The van der Waals surface area contributed by atoms with Crippen molar-refractivity contribution in [1.82, 2.24) is 0 Å². The summed E-state index contributed by atoms with van der Waals surface area (Å²) in [6.07, 6.45) is 11.1. The highest BCUT2D eigenvalue weighted by Gasteiger charge is 1.84. The van der Waals surface area contributed by atoms with Crippen LogP contribution in [0.15, 0.2) is 29.4 Å². The van der Waals surface area contributed by atoms with E-state index in [1.807, 2.05) is 18.2 Å². The number of nitrogens with zero attached hydrogens (tertiary/aromatic N) is 3. The summed E-state index contributed by atoms with van der Waals surface area (Å²) in [5.74, 6) is 0.